The third kappa shape index (κ3) is 2.41. The maximum atomic E-state index is 12.5. The number of fused-ring (bicyclic) bond motifs is 2. The Morgan fingerprint density at radius 3 is 3.22 bits per heavy atom. The molecule has 23 heavy (non-hydrogen) atoms. The van der Waals surface area contributed by atoms with Crippen molar-refractivity contribution in [2.45, 2.75) is 51.0 Å². The second-order valence-corrected chi connectivity index (χ2v) is 6.77. The summed E-state index contributed by atoms with van der Waals surface area (Å²) in [6.45, 7) is 3.47. The molecule has 1 aliphatic carbocycles. The first-order chi connectivity index (χ1) is 11.3. The van der Waals surface area contributed by atoms with Gasteiger partial charge < -0.3 is 14.6 Å². The fourth-order valence-electron chi connectivity index (χ4n) is 4.27. The molecule has 2 atom stereocenters. The molecule has 1 fully saturated rings. The number of carbonyl (C=O) groups excluding carboxylic acids is 1. The fourth-order valence-corrected chi connectivity index (χ4v) is 4.27. The number of carbonyl (C=O) groups is 1. The van der Waals surface area contributed by atoms with Crippen LogP contribution in [-0.2, 0) is 11.2 Å². The lowest BCUT2D eigenvalue weighted by Crippen LogP contribution is -2.49. The topological polar surface area (TPSA) is 45.3 Å². The van der Waals surface area contributed by atoms with Crippen LogP contribution in [0.25, 0.3) is 10.9 Å². The minimum absolute atomic E-state index is 0.126. The third-order valence-corrected chi connectivity index (χ3v) is 5.39. The van der Waals surface area contributed by atoms with Crippen LogP contribution in [0.2, 0.25) is 0 Å². The van der Waals surface area contributed by atoms with Crippen molar-refractivity contribution in [2.24, 2.45) is 0 Å². The maximum Gasteiger partial charge on any atom is 0.410 e. The standard InChI is InChI=1S/C19H24N2O2/c1-2-3-10-23-19(22)21-9-5-7-14-15-6-4-8-16-18(15)13(12-20-16)11-17(14)21/h4,6,8,12,14,17,20H,2-3,5,7,9-11H2,1H3/t14-,17-/m1/s1. The van der Waals surface area contributed by atoms with Gasteiger partial charge in [0.25, 0.3) is 0 Å². The molecule has 4 rings (SSSR count). The van der Waals surface area contributed by atoms with E-state index in [1.54, 1.807) is 0 Å². The predicted molar refractivity (Wildman–Crippen MR) is 90.7 cm³/mol. The van der Waals surface area contributed by atoms with Crippen molar-refractivity contribution in [1.29, 1.82) is 0 Å². The summed E-state index contributed by atoms with van der Waals surface area (Å²) < 4.78 is 5.49. The summed E-state index contributed by atoms with van der Waals surface area (Å²) in [5.74, 6) is 0.439. The summed E-state index contributed by atoms with van der Waals surface area (Å²) in [6, 6.07) is 6.75. The van der Waals surface area contributed by atoms with Gasteiger partial charge in [0.2, 0.25) is 0 Å². The summed E-state index contributed by atoms with van der Waals surface area (Å²) in [4.78, 5) is 17.9. The summed E-state index contributed by atoms with van der Waals surface area (Å²) in [7, 11) is 0. The van der Waals surface area contributed by atoms with Crippen molar-refractivity contribution >= 4 is 17.0 Å². The number of nitrogens with zero attached hydrogens (tertiary/aromatic N) is 1. The predicted octanol–water partition coefficient (Wildman–Crippen LogP) is 4.21. The number of H-pyrrole nitrogens is 1. The van der Waals surface area contributed by atoms with E-state index >= 15 is 0 Å². The third-order valence-electron chi connectivity index (χ3n) is 5.39. The summed E-state index contributed by atoms with van der Waals surface area (Å²) in [5, 5.41) is 1.38. The number of nitrogens with one attached hydrogen (secondary N) is 1. The van der Waals surface area contributed by atoms with Crippen LogP contribution in [0.5, 0.6) is 0 Å². The molecule has 1 aliphatic heterocycles. The average molecular weight is 312 g/mol. The molecule has 2 aliphatic rings. The maximum absolute atomic E-state index is 12.5. The van der Waals surface area contributed by atoms with Crippen LogP contribution in [0, 0.1) is 0 Å². The molecule has 0 spiro atoms. The van der Waals surface area contributed by atoms with Crippen LogP contribution >= 0.6 is 0 Å². The smallest absolute Gasteiger partial charge is 0.410 e. The van der Waals surface area contributed by atoms with Crippen LogP contribution in [0.3, 0.4) is 0 Å². The van der Waals surface area contributed by atoms with Crippen LogP contribution in [0.15, 0.2) is 24.4 Å². The molecule has 122 valence electrons. The van der Waals surface area contributed by atoms with E-state index in [9.17, 15) is 4.79 Å². The first-order valence-electron chi connectivity index (χ1n) is 8.82. The van der Waals surface area contributed by atoms with Gasteiger partial charge >= 0.3 is 6.09 Å². The number of piperidine rings is 1. The molecule has 1 amide bonds. The molecule has 0 unspecified atom stereocenters. The largest absolute Gasteiger partial charge is 0.449 e. The lowest BCUT2D eigenvalue weighted by atomic mass is 9.75. The van der Waals surface area contributed by atoms with E-state index in [-0.39, 0.29) is 12.1 Å². The second kappa shape index (κ2) is 5.91. The minimum atomic E-state index is -0.126. The Morgan fingerprint density at radius 2 is 2.35 bits per heavy atom. The van der Waals surface area contributed by atoms with E-state index in [0.29, 0.717) is 12.5 Å². The van der Waals surface area contributed by atoms with E-state index in [4.69, 9.17) is 4.74 Å². The molecular weight excluding hydrogens is 288 g/mol. The van der Waals surface area contributed by atoms with E-state index in [1.165, 1.54) is 22.0 Å². The lowest BCUT2D eigenvalue weighted by molar-refractivity contribution is 0.0646. The van der Waals surface area contributed by atoms with Crippen LogP contribution in [-0.4, -0.2) is 35.2 Å². The normalized spacial score (nSPS) is 22.9. The zero-order valence-corrected chi connectivity index (χ0v) is 13.7. The molecule has 1 N–H and O–H groups in total. The van der Waals surface area contributed by atoms with Crippen molar-refractivity contribution in [2.75, 3.05) is 13.2 Å². The number of hydrogen-bond acceptors (Lipinski definition) is 2. The van der Waals surface area contributed by atoms with Crippen molar-refractivity contribution < 1.29 is 9.53 Å². The minimum Gasteiger partial charge on any atom is -0.449 e. The van der Waals surface area contributed by atoms with E-state index in [2.05, 4.69) is 36.3 Å². The van der Waals surface area contributed by atoms with Gasteiger partial charge in [0.15, 0.2) is 0 Å². The Balaban J connectivity index is 1.62. The fraction of sp³-hybridized carbons (Fsp3) is 0.526. The molecule has 4 heteroatoms. The van der Waals surface area contributed by atoms with Crippen molar-refractivity contribution in [1.82, 2.24) is 9.88 Å². The van der Waals surface area contributed by atoms with Crippen LogP contribution in [0.4, 0.5) is 4.79 Å². The molecule has 0 saturated carbocycles. The van der Waals surface area contributed by atoms with Gasteiger partial charge in [-0.25, -0.2) is 4.79 Å². The Bertz CT molecular complexity index is 721. The highest BCUT2D eigenvalue weighted by molar-refractivity contribution is 5.88. The molecule has 1 aromatic heterocycles. The molecule has 1 aromatic carbocycles. The number of aromatic amines is 1. The first kappa shape index (κ1) is 14.6. The quantitative estimate of drug-likeness (QED) is 0.863. The van der Waals surface area contributed by atoms with Gasteiger partial charge in [0.05, 0.1) is 6.61 Å². The highest BCUT2D eigenvalue weighted by Gasteiger charge is 2.39. The number of aromatic nitrogens is 1. The molecule has 2 aromatic rings. The van der Waals surface area contributed by atoms with Gasteiger partial charge in [0, 0.05) is 35.6 Å². The summed E-state index contributed by atoms with van der Waals surface area (Å²) in [6.07, 6.45) is 7.12. The Kier molecular flexibility index (Phi) is 3.76. The number of likely N-dealkylation sites (tertiary alicyclic amines) is 1. The van der Waals surface area contributed by atoms with Gasteiger partial charge in [-0.15, -0.1) is 0 Å². The number of amides is 1. The monoisotopic (exact) mass is 312 g/mol. The highest BCUT2D eigenvalue weighted by atomic mass is 16.6. The summed E-state index contributed by atoms with van der Waals surface area (Å²) in [5.41, 5.74) is 3.96. The SMILES string of the molecule is CCCCOC(=O)N1CCC[C@@H]2c3cccc4[nH]cc(c34)C[C@H]21. The zero-order valence-electron chi connectivity index (χ0n) is 13.7. The Hall–Kier alpha value is -1.97. The van der Waals surface area contributed by atoms with Crippen LogP contribution < -0.4 is 0 Å². The number of unbranched alkanes of at least 4 members (excludes halogenated alkanes) is 1. The second-order valence-electron chi connectivity index (χ2n) is 6.77. The van der Waals surface area contributed by atoms with Crippen molar-refractivity contribution in [3.63, 3.8) is 0 Å². The van der Waals surface area contributed by atoms with Gasteiger partial charge in [-0.05, 0) is 42.9 Å². The molecule has 0 bridgehead atoms. The van der Waals surface area contributed by atoms with Gasteiger partial charge in [0.1, 0.15) is 0 Å². The Morgan fingerprint density at radius 1 is 1.43 bits per heavy atom. The van der Waals surface area contributed by atoms with Crippen molar-refractivity contribution in [3.8, 4) is 0 Å². The van der Waals surface area contributed by atoms with E-state index < -0.39 is 0 Å². The lowest BCUT2D eigenvalue weighted by Gasteiger charge is -2.43. The zero-order chi connectivity index (χ0) is 15.8. The molecule has 1 saturated heterocycles. The summed E-state index contributed by atoms with van der Waals surface area (Å²) >= 11 is 0. The molecule has 4 nitrogen and oxygen atoms in total. The number of rotatable bonds is 3. The van der Waals surface area contributed by atoms with E-state index in [0.717, 1.165) is 38.6 Å². The first-order valence-corrected chi connectivity index (χ1v) is 8.82. The number of hydrogen-bond donors (Lipinski definition) is 1. The van der Waals surface area contributed by atoms with Crippen molar-refractivity contribution in [3.05, 3.63) is 35.5 Å². The highest BCUT2D eigenvalue weighted by Crippen LogP contribution is 2.43. The van der Waals surface area contributed by atoms with Gasteiger partial charge in [-0.1, -0.05) is 25.5 Å². The van der Waals surface area contributed by atoms with Gasteiger partial charge in [-0.3, -0.25) is 0 Å². The van der Waals surface area contributed by atoms with Crippen LogP contribution in [0.1, 0.15) is 49.7 Å². The van der Waals surface area contributed by atoms with E-state index in [1.807, 2.05) is 4.90 Å². The molecular formula is C19H24N2O2. The number of ether oxygens (including phenoxy) is 1. The average Bonchev–Trinajstić information content (AvgIpc) is 2.99. The van der Waals surface area contributed by atoms with Gasteiger partial charge in [-0.2, -0.15) is 0 Å². The molecule has 2 heterocycles. The Labute approximate surface area is 136 Å². The molecule has 0 radical (unpaired) electrons. The number of benzene rings is 1.